The average molecular weight is 542 g/mol. The second-order valence-corrected chi connectivity index (χ2v) is 11.9. The van der Waals surface area contributed by atoms with Crippen LogP contribution in [-0.2, 0) is 11.3 Å². The minimum Gasteiger partial charge on any atom is -0.339 e. The predicted octanol–water partition coefficient (Wildman–Crippen LogP) is 4.61. The van der Waals surface area contributed by atoms with Crippen molar-refractivity contribution < 1.29 is 14.0 Å². The summed E-state index contributed by atoms with van der Waals surface area (Å²) in [5.41, 5.74) is 1.71. The highest BCUT2D eigenvalue weighted by Crippen LogP contribution is 2.38. The van der Waals surface area contributed by atoms with E-state index in [2.05, 4.69) is 32.6 Å². The molecule has 0 aromatic heterocycles. The van der Waals surface area contributed by atoms with Crippen molar-refractivity contribution in [3.8, 4) is 0 Å². The first-order chi connectivity index (χ1) is 19.5. The quantitative estimate of drug-likeness (QED) is 0.506. The van der Waals surface area contributed by atoms with Gasteiger partial charge in [0.05, 0.1) is 6.67 Å². The van der Waals surface area contributed by atoms with E-state index in [9.17, 15) is 14.0 Å². The van der Waals surface area contributed by atoms with Crippen LogP contribution >= 0.6 is 0 Å². The minimum atomic E-state index is -0.584. The molecule has 2 bridgehead atoms. The first-order valence-corrected chi connectivity index (χ1v) is 14.6. The Morgan fingerprint density at radius 2 is 1.65 bits per heavy atom. The fraction of sp³-hybridized carbons (Fsp3) is 0.438. The van der Waals surface area contributed by atoms with Gasteiger partial charge in [-0.05, 0) is 85.2 Å². The lowest BCUT2D eigenvalue weighted by Gasteiger charge is -2.44. The van der Waals surface area contributed by atoms with E-state index >= 15 is 0 Å². The lowest BCUT2D eigenvalue weighted by atomic mass is 9.85. The zero-order valence-corrected chi connectivity index (χ0v) is 22.7. The van der Waals surface area contributed by atoms with E-state index in [-0.39, 0.29) is 23.8 Å². The number of nitrogens with one attached hydrogen (secondary N) is 2. The van der Waals surface area contributed by atoms with Crippen molar-refractivity contribution in [3.05, 3.63) is 78.1 Å². The second kappa shape index (κ2) is 10.1. The van der Waals surface area contributed by atoms with E-state index in [1.165, 1.54) is 11.6 Å². The van der Waals surface area contributed by atoms with Crippen molar-refractivity contribution in [1.29, 1.82) is 0 Å². The van der Waals surface area contributed by atoms with Gasteiger partial charge in [0.1, 0.15) is 11.4 Å². The summed E-state index contributed by atoms with van der Waals surface area (Å²) >= 11 is 0. The maximum atomic E-state index is 13.6. The molecule has 4 heterocycles. The van der Waals surface area contributed by atoms with Crippen molar-refractivity contribution in [2.24, 2.45) is 0 Å². The summed E-state index contributed by atoms with van der Waals surface area (Å²) in [6.45, 7) is 2.53. The van der Waals surface area contributed by atoms with Crippen LogP contribution in [0.15, 0.2) is 66.7 Å². The van der Waals surface area contributed by atoms with Gasteiger partial charge in [0.15, 0.2) is 0 Å². The molecule has 8 heteroatoms. The molecule has 4 fully saturated rings. The minimum absolute atomic E-state index is 0.000808. The van der Waals surface area contributed by atoms with Crippen molar-refractivity contribution in [3.63, 3.8) is 0 Å². The molecule has 4 aliphatic heterocycles. The molecule has 0 radical (unpaired) electrons. The van der Waals surface area contributed by atoms with Gasteiger partial charge in [-0.25, -0.2) is 9.18 Å². The number of rotatable bonds is 4. The number of piperidine rings is 2. The number of benzene rings is 3. The van der Waals surface area contributed by atoms with E-state index in [0.717, 1.165) is 48.7 Å². The summed E-state index contributed by atoms with van der Waals surface area (Å²) in [5, 5.41) is 8.38. The molecule has 0 saturated carbocycles. The van der Waals surface area contributed by atoms with E-state index < -0.39 is 5.54 Å². The molecule has 40 heavy (non-hydrogen) atoms. The van der Waals surface area contributed by atoms with Gasteiger partial charge in [0.2, 0.25) is 5.91 Å². The Kier molecular flexibility index (Phi) is 6.38. The van der Waals surface area contributed by atoms with Gasteiger partial charge in [-0.3, -0.25) is 9.69 Å². The molecule has 0 unspecified atom stereocenters. The number of urea groups is 1. The SMILES string of the molecule is O=C(NC1C[C@H]2CC[C@H](C1)N2Cc1ccc2cc(F)ccc2c1)N1CCC2(CC1)C(=O)NCN2c1ccccc1. The highest BCUT2D eigenvalue weighted by atomic mass is 19.1. The Balaban J connectivity index is 0.956. The zero-order valence-electron chi connectivity index (χ0n) is 22.7. The van der Waals surface area contributed by atoms with Gasteiger partial charge in [-0.2, -0.15) is 0 Å². The second-order valence-electron chi connectivity index (χ2n) is 11.9. The number of likely N-dealkylation sites (tertiary alicyclic amines) is 1. The van der Waals surface area contributed by atoms with Gasteiger partial charge in [0.25, 0.3) is 0 Å². The molecular weight excluding hydrogens is 505 g/mol. The molecule has 2 N–H and O–H groups in total. The maximum absolute atomic E-state index is 13.6. The Labute approximate surface area is 234 Å². The summed E-state index contributed by atoms with van der Waals surface area (Å²) in [6.07, 6.45) is 5.50. The van der Waals surface area contributed by atoms with Crippen molar-refractivity contribution >= 4 is 28.4 Å². The highest BCUT2D eigenvalue weighted by molar-refractivity contribution is 5.93. The third-order valence-corrected chi connectivity index (χ3v) is 9.73. The van der Waals surface area contributed by atoms with Crippen LogP contribution in [0.3, 0.4) is 0 Å². The number of hydrogen-bond donors (Lipinski definition) is 2. The molecule has 0 aliphatic carbocycles. The summed E-state index contributed by atoms with van der Waals surface area (Å²) in [7, 11) is 0. The Morgan fingerprint density at radius 3 is 2.40 bits per heavy atom. The number of carbonyl (C=O) groups is 2. The lowest BCUT2D eigenvalue weighted by molar-refractivity contribution is -0.124. The summed E-state index contributed by atoms with van der Waals surface area (Å²) in [5.74, 6) is -0.136. The van der Waals surface area contributed by atoms with Crippen LogP contribution in [-0.4, -0.2) is 65.2 Å². The third-order valence-electron chi connectivity index (χ3n) is 9.73. The molecule has 4 saturated heterocycles. The van der Waals surface area contributed by atoms with Gasteiger partial charge >= 0.3 is 6.03 Å². The monoisotopic (exact) mass is 541 g/mol. The van der Waals surface area contributed by atoms with Gasteiger partial charge < -0.3 is 20.4 Å². The van der Waals surface area contributed by atoms with E-state index in [4.69, 9.17) is 0 Å². The first kappa shape index (κ1) is 25.3. The molecule has 3 aromatic rings. The van der Waals surface area contributed by atoms with Crippen LogP contribution in [0.25, 0.3) is 10.8 Å². The van der Waals surface area contributed by atoms with Gasteiger partial charge in [0, 0.05) is 43.4 Å². The average Bonchev–Trinajstić information content (AvgIpc) is 3.39. The van der Waals surface area contributed by atoms with Gasteiger partial charge in [-0.1, -0.05) is 36.4 Å². The molecular formula is C32H36FN5O2. The highest BCUT2D eigenvalue weighted by Gasteiger charge is 2.51. The fourth-order valence-corrected chi connectivity index (χ4v) is 7.60. The number of carbonyl (C=O) groups excluding carboxylic acids is 2. The fourth-order valence-electron chi connectivity index (χ4n) is 7.60. The van der Waals surface area contributed by atoms with E-state index in [1.54, 1.807) is 6.07 Å². The van der Waals surface area contributed by atoms with Gasteiger partial charge in [-0.15, -0.1) is 0 Å². The molecule has 1 spiro atoms. The number of para-hydroxylation sites is 1. The van der Waals surface area contributed by atoms with Crippen LogP contribution in [0.1, 0.15) is 44.1 Å². The number of nitrogens with zero attached hydrogens (tertiary/aromatic N) is 3. The maximum Gasteiger partial charge on any atom is 0.317 e. The largest absolute Gasteiger partial charge is 0.339 e. The Bertz CT molecular complexity index is 1410. The van der Waals surface area contributed by atoms with Crippen molar-refractivity contribution in [2.45, 2.75) is 68.7 Å². The molecule has 3 aromatic carbocycles. The number of amides is 3. The van der Waals surface area contributed by atoms with Crippen LogP contribution in [0.2, 0.25) is 0 Å². The molecule has 3 amide bonds. The number of halogens is 1. The van der Waals surface area contributed by atoms with Crippen molar-refractivity contribution in [1.82, 2.24) is 20.4 Å². The van der Waals surface area contributed by atoms with Crippen LogP contribution < -0.4 is 15.5 Å². The molecule has 7 rings (SSSR count). The summed E-state index contributed by atoms with van der Waals surface area (Å²) < 4.78 is 13.6. The standard InChI is InChI=1S/C32H36FN5O2/c33-25-9-8-23-16-22(6-7-24(23)17-25)20-37-28-10-11-29(37)19-26(18-28)35-31(40)36-14-12-32(13-15-36)30(39)34-21-38(32)27-4-2-1-3-5-27/h1-9,16-17,26,28-29H,10-15,18-21H2,(H,34,39)(H,35,40)/t28-,29-/m1/s1. The summed E-state index contributed by atoms with van der Waals surface area (Å²) in [6, 6.07) is 22.4. The number of anilines is 1. The molecule has 4 aliphatic rings. The zero-order chi connectivity index (χ0) is 27.3. The van der Waals surface area contributed by atoms with Crippen LogP contribution in [0, 0.1) is 5.82 Å². The smallest absolute Gasteiger partial charge is 0.317 e. The molecule has 208 valence electrons. The molecule has 2 atom stereocenters. The number of fused-ring (bicyclic) bond motifs is 3. The predicted molar refractivity (Wildman–Crippen MR) is 153 cm³/mol. The first-order valence-electron chi connectivity index (χ1n) is 14.6. The van der Waals surface area contributed by atoms with Crippen LogP contribution in [0.5, 0.6) is 0 Å². The Morgan fingerprint density at radius 1 is 0.950 bits per heavy atom. The lowest BCUT2D eigenvalue weighted by Crippen LogP contribution is -2.59. The van der Waals surface area contributed by atoms with Crippen molar-refractivity contribution in [2.75, 3.05) is 24.7 Å². The van der Waals surface area contributed by atoms with E-state index in [1.807, 2.05) is 47.4 Å². The van der Waals surface area contributed by atoms with E-state index in [0.29, 0.717) is 44.7 Å². The Hall–Kier alpha value is -3.65. The molecule has 7 nitrogen and oxygen atoms in total. The summed E-state index contributed by atoms with van der Waals surface area (Å²) in [4.78, 5) is 32.9. The van der Waals surface area contributed by atoms with Crippen LogP contribution in [0.4, 0.5) is 14.9 Å². The third kappa shape index (κ3) is 4.48. The number of hydrogen-bond acceptors (Lipinski definition) is 4. The topological polar surface area (TPSA) is 67.9 Å². The normalized spacial score (nSPS) is 25.9.